The van der Waals surface area contributed by atoms with Gasteiger partial charge in [-0.25, -0.2) is 18.2 Å². The highest BCUT2D eigenvalue weighted by Crippen LogP contribution is 2.34. The third-order valence-electron chi connectivity index (χ3n) is 4.60. The third kappa shape index (κ3) is 3.37. The quantitative estimate of drug-likeness (QED) is 0.674. The average Bonchev–Trinajstić information content (AvgIpc) is 3.23. The molecule has 0 aliphatic carbocycles. The highest BCUT2D eigenvalue weighted by Gasteiger charge is 2.34. The average molecular weight is 420 g/mol. The standard InChI is InChI=1S/C19H24N4O5S/c1-11(2)23-13(18(24)25)7-12(21-23)14-9-20-17-8-15(28-6)16(10-22(14)17)29(26,27)19(3,4)5/h7-11H,1-6H3,(H,24,25). The van der Waals surface area contributed by atoms with Crippen molar-refractivity contribution in [1.82, 2.24) is 19.2 Å². The van der Waals surface area contributed by atoms with Gasteiger partial charge in [0.25, 0.3) is 0 Å². The van der Waals surface area contributed by atoms with Crippen LogP contribution in [0.1, 0.15) is 51.1 Å². The van der Waals surface area contributed by atoms with Crippen LogP contribution in [-0.2, 0) is 9.84 Å². The molecule has 0 bridgehead atoms. The maximum absolute atomic E-state index is 13.1. The Morgan fingerprint density at radius 2 is 1.90 bits per heavy atom. The number of sulfone groups is 1. The second-order valence-corrected chi connectivity index (χ2v) is 10.6. The lowest BCUT2D eigenvalue weighted by Gasteiger charge is -2.21. The first kappa shape index (κ1) is 20.8. The van der Waals surface area contributed by atoms with Crippen molar-refractivity contribution in [2.24, 2.45) is 0 Å². The lowest BCUT2D eigenvalue weighted by Crippen LogP contribution is -2.28. The van der Waals surface area contributed by atoms with Crippen molar-refractivity contribution < 1.29 is 23.1 Å². The molecule has 3 heterocycles. The SMILES string of the molecule is COc1cc2ncc(-c3cc(C(=O)O)n(C(C)C)n3)n2cc1S(=O)(=O)C(C)(C)C. The summed E-state index contributed by atoms with van der Waals surface area (Å²) in [6.45, 7) is 8.51. The fraction of sp³-hybridized carbons (Fsp3) is 0.421. The molecule has 0 fully saturated rings. The summed E-state index contributed by atoms with van der Waals surface area (Å²) < 4.78 is 33.4. The van der Waals surface area contributed by atoms with Gasteiger partial charge in [-0.3, -0.25) is 9.08 Å². The van der Waals surface area contributed by atoms with Gasteiger partial charge in [0, 0.05) is 24.4 Å². The summed E-state index contributed by atoms with van der Waals surface area (Å²) in [6.07, 6.45) is 2.98. The van der Waals surface area contributed by atoms with Crippen molar-refractivity contribution in [3.05, 3.63) is 30.2 Å². The molecule has 0 saturated carbocycles. The second kappa shape index (κ2) is 6.87. The Bertz CT molecular complexity index is 1200. The van der Waals surface area contributed by atoms with E-state index in [1.807, 2.05) is 13.8 Å². The zero-order valence-electron chi connectivity index (χ0n) is 17.2. The molecule has 0 aliphatic heterocycles. The number of pyridine rings is 1. The fourth-order valence-electron chi connectivity index (χ4n) is 2.94. The van der Waals surface area contributed by atoms with E-state index in [1.54, 1.807) is 31.2 Å². The number of carboxylic acid groups (broad SMARTS) is 1. The molecule has 0 amide bonds. The van der Waals surface area contributed by atoms with Crippen LogP contribution in [0.25, 0.3) is 17.0 Å². The van der Waals surface area contributed by atoms with Gasteiger partial charge in [-0.2, -0.15) is 5.10 Å². The number of aromatic carboxylic acids is 1. The second-order valence-electron chi connectivity index (χ2n) is 7.95. The first-order valence-corrected chi connectivity index (χ1v) is 10.5. The summed E-state index contributed by atoms with van der Waals surface area (Å²) in [5, 5.41) is 13.9. The Morgan fingerprint density at radius 1 is 1.24 bits per heavy atom. The Labute approximate surface area is 168 Å². The van der Waals surface area contributed by atoms with Crippen LogP contribution in [-0.4, -0.2) is 50.5 Å². The molecule has 3 aromatic rings. The van der Waals surface area contributed by atoms with Crippen molar-refractivity contribution in [3.63, 3.8) is 0 Å². The molecular formula is C19H24N4O5S. The van der Waals surface area contributed by atoms with E-state index in [1.165, 1.54) is 30.3 Å². The van der Waals surface area contributed by atoms with Gasteiger partial charge in [0.05, 0.1) is 23.7 Å². The first-order valence-electron chi connectivity index (χ1n) is 9.01. The lowest BCUT2D eigenvalue weighted by molar-refractivity contribution is 0.0681. The van der Waals surface area contributed by atoms with E-state index in [0.29, 0.717) is 17.0 Å². The predicted molar refractivity (Wildman–Crippen MR) is 107 cm³/mol. The van der Waals surface area contributed by atoms with Crippen LogP contribution in [0.2, 0.25) is 0 Å². The van der Waals surface area contributed by atoms with Crippen molar-refractivity contribution in [2.45, 2.75) is 50.3 Å². The topological polar surface area (TPSA) is 116 Å². The highest BCUT2D eigenvalue weighted by molar-refractivity contribution is 7.92. The normalized spacial score (nSPS) is 12.7. The van der Waals surface area contributed by atoms with Gasteiger partial charge in [-0.15, -0.1) is 0 Å². The molecule has 0 spiro atoms. The molecule has 0 aliphatic rings. The van der Waals surface area contributed by atoms with Crippen LogP contribution in [0.15, 0.2) is 29.4 Å². The zero-order chi connectivity index (χ0) is 21.7. The van der Waals surface area contributed by atoms with Crippen LogP contribution in [0, 0.1) is 0 Å². The Morgan fingerprint density at radius 3 is 2.38 bits per heavy atom. The van der Waals surface area contributed by atoms with Crippen LogP contribution < -0.4 is 4.74 Å². The number of carbonyl (C=O) groups is 1. The number of nitrogens with zero attached hydrogens (tertiary/aromatic N) is 4. The van der Waals surface area contributed by atoms with Gasteiger partial charge in [0.15, 0.2) is 9.84 Å². The van der Waals surface area contributed by atoms with E-state index in [2.05, 4.69) is 10.1 Å². The number of hydrogen-bond donors (Lipinski definition) is 1. The van der Waals surface area contributed by atoms with E-state index < -0.39 is 20.6 Å². The molecule has 3 rings (SSSR count). The van der Waals surface area contributed by atoms with Crippen molar-refractivity contribution in [2.75, 3.05) is 7.11 Å². The number of carboxylic acids is 1. The smallest absolute Gasteiger partial charge is 0.354 e. The van der Waals surface area contributed by atoms with Crippen molar-refractivity contribution in [1.29, 1.82) is 0 Å². The number of aromatic nitrogens is 4. The van der Waals surface area contributed by atoms with E-state index in [9.17, 15) is 18.3 Å². The van der Waals surface area contributed by atoms with Crippen molar-refractivity contribution in [3.8, 4) is 17.1 Å². The molecule has 9 nitrogen and oxygen atoms in total. The molecule has 0 aromatic carbocycles. The van der Waals surface area contributed by atoms with E-state index >= 15 is 0 Å². The van der Waals surface area contributed by atoms with Gasteiger partial charge in [-0.05, 0) is 34.6 Å². The van der Waals surface area contributed by atoms with E-state index in [-0.39, 0.29) is 22.4 Å². The van der Waals surface area contributed by atoms with Crippen LogP contribution in [0.4, 0.5) is 0 Å². The minimum absolute atomic E-state index is 0.0287. The fourth-order valence-corrected chi connectivity index (χ4v) is 4.25. The number of methoxy groups -OCH3 is 1. The largest absolute Gasteiger partial charge is 0.495 e. The highest BCUT2D eigenvalue weighted by atomic mass is 32.2. The summed E-state index contributed by atoms with van der Waals surface area (Å²) in [4.78, 5) is 15.9. The van der Waals surface area contributed by atoms with Crippen molar-refractivity contribution >= 4 is 21.5 Å². The predicted octanol–water partition coefficient (Wildman–Crippen LogP) is 3.06. The summed E-state index contributed by atoms with van der Waals surface area (Å²) >= 11 is 0. The summed E-state index contributed by atoms with van der Waals surface area (Å²) in [5.74, 6) is -0.896. The van der Waals surface area contributed by atoms with Gasteiger partial charge < -0.3 is 9.84 Å². The number of imidazole rings is 1. The zero-order valence-corrected chi connectivity index (χ0v) is 18.0. The Hall–Kier alpha value is -2.88. The Balaban J connectivity index is 2.29. The minimum atomic E-state index is -3.71. The maximum Gasteiger partial charge on any atom is 0.354 e. The summed E-state index contributed by atoms with van der Waals surface area (Å²) in [7, 11) is -2.31. The molecule has 0 radical (unpaired) electrons. The number of hydrogen-bond acceptors (Lipinski definition) is 6. The molecule has 0 unspecified atom stereocenters. The minimum Gasteiger partial charge on any atom is -0.495 e. The number of rotatable bonds is 5. The van der Waals surface area contributed by atoms with Gasteiger partial charge in [0.2, 0.25) is 0 Å². The van der Waals surface area contributed by atoms with Gasteiger partial charge in [0.1, 0.15) is 27.7 Å². The molecule has 29 heavy (non-hydrogen) atoms. The third-order valence-corrected chi connectivity index (χ3v) is 7.09. The van der Waals surface area contributed by atoms with Gasteiger partial charge in [-0.1, -0.05) is 0 Å². The molecule has 156 valence electrons. The Kier molecular flexibility index (Phi) is 4.94. The summed E-state index contributed by atoms with van der Waals surface area (Å²) in [6, 6.07) is 2.83. The molecular weight excluding hydrogens is 396 g/mol. The lowest BCUT2D eigenvalue weighted by atomic mass is 10.3. The maximum atomic E-state index is 13.1. The molecule has 0 atom stereocenters. The summed E-state index contributed by atoms with van der Waals surface area (Å²) in [5.41, 5.74) is 1.37. The molecule has 3 aromatic heterocycles. The van der Waals surface area contributed by atoms with E-state index in [0.717, 1.165) is 0 Å². The van der Waals surface area contributed by atoms with E-state index in [4.69, 9.17) is 4.74 Å². The molecule has 1 N–H and O–H groups in total. The number of fused-ring (bicyclic) bond motifs is 1. The first-order chi connectivity index (χ1) is 13.4. The number of ether oxygens (including phenoxy) is 1. The van der Waals surface area contributed by atoms with Gasteiger partial charge >= 0.3 is 5.97 Å². The van der Waals surface area contributed by atoms with Crippen LogP contribution in [0.5, 0.6) is 5.75 Å². The van der Waals surface area contributed by atoms with Crippen LogP contribution in [0.3, 0.4) is 0 Å². The molecule has 10 heteroatoms. The monoisotopic (exact) mass is 420 g/mol. The van der Waals surface area contributed by atoms with Crippen LogP contribution >= 0.6 is 0 Å². The molecule has 0 saturated heterocycles.